The van der Waals surface area contributed by atoms with Crippen LogP contribution in [-0.4, -0.2) is 48.3 Å². The SMILES string of the molecule is CCCCN(C(=O)COC(=O)COC)c1c(N)n(CCC)c(=O)[nH]c1=O. The highest BCUT2D eigenvalue weighted by atomic mass is 16.6. The zero-order valence-corrected chi connectivity index (χ0v) is 15.4. The molecule has 0 aromatic carbocycles. The molecule has 0 spiro atoms. The molecule has 1 heterocycles. The van der Waals surface area contributed by atoms with Gasteiger partial charge in [-0.1, -0.05) is 20.3 Å². The molecule has 0 radical (unpaired) electrons. The lowest BCUT2D eigenvalue weighted by molar-refractivity contribution is -0.151. The van der Waals surface area contributed by atoms with Crippen molar-refractivity contribution in [3.05, 3.63) is 20.8 Å². The van der Waals surface area contributed by atoms with Crippen LogP contribution in [0.3, 0.4) is 0 Å². The first-order chi connectivity index (χ1) is 12.4. The molecule has 0 unspecified atom stereocenters. The quantitative estimate of drug-likeness (QED) is 0.547. The maximum absolute atomic E-state index is 12.5. The Morgan fingerprint density at radius 1 is 1.19 bits per heavy atom. The van der Waals surface area contributed by atoms with Crippen molar-refractivity contribution in [2.75, 3.05) is 37.5 Å². The number of carbonyl (C=O) groups is 2. The van der Waals surface area contributed by atoms with Crippen molar-refractivity contribution in [3.63, 3.8) is 0 Å². The summed E-state index contributed by atoms with van der Waals surface area (Å²) in [5.41, 5.74) is 4.51. The maximum atomic E-state index is 12.5. The van der Waals surface area contributed by atoms with Crippen LogP contribution in [0, 0.1) is 0 Å². The number of esters is 1. The molecule has 146 valence electrons. The number of carbonyl (C=O) groups excluding carboxylic acids is 2. The Morgan fingerprint density at radius 2 is 1.88 bits per heavy atom. The molecule has 26 heavy (non-hydrogen) atoms. The van der Waals surface area contributed by atoms with Crippen molar-refractivity contribution in [2.45, 2.75) is 39.7 Å². The molecule has 0 saturated heterocycles. The summed E-state index contributed by atoms with van der Waals surface area (Å²) in [6.07, 6.45) is 1.98. The number of hydrogen-bond donors (Lipinski definition) is 2. The van der Waals surface area contributed by atoms with Crippen LogP contribution in [0.2, 0.25) is 0 Å². The average Bonchev–Trinajstić information content (AvgIpc) is 2.59. The van der Waals surface area contributed by atoms with E-state index in [0.717, 1.165) is 11.3 Å². The molecular formula is C16H26N4O6. The van der Waals surface area contributed by atoms with Crippen LogP contribution >= 0.6 is 0 Å². The number of amides is 1. The number of unbranched alkanes of at least 4 members (excludes halogenated alkanes) is 1. The van der Waals surface area contributed by atoms with Crippen LogP contribution in [0.15, 0.2) is 9.59 Å². The summed E-state index contributed by atoms with van der Waals surface area (Å²) in [5, 5.41) is 0. The van der Waals surface area contributed by atoms with Gasteiger partial charge >= 0.3 is 11.7 Å². The normalized spacial score (nSPS) is 10.6. The maximum Gasteiger partial charge on any atom is 0.332 e. The number of rotatable bonds is 10. The Labute approximate surface area is 150 Å². The third kappa shape index (κ3) is 5.45. The number of nitrogens with one attached hydrogen (secondary N) is 1. The molecule has 1 aromatic heterocycles. The van der Waals surface area contributed by atoms with Gasteiger partial charge in [0.25, 0.3) is 11.5 Å². The lowest BCUT2D eigenvalue weighted by atomic mass is 10.2. The number of aromatic nitrogens is 2. The average molecular weight is 370 g/mol. The number of nitrogens with two attached hydrogens (primary N) is 1. The van der Waals surface area contributed by atoms with Gasteiger partial charge in [-0.25, -0.2) is 9.59 Å². The summed E-state index contributed by atoms with van der Waals surface area (Å²) in [7, 11) is 1.33. The second-order valence-corrected chi connectivity index (χ2v) is 5.64. The van der Waals surface area contributed by atoms with Gasteiger partial charge in [0.2, 0.25) is 0 Å². The van der Waals surface area contributed by atoms with Gasteiger partial charge in [-0.3, -0.25) is 19.1 Å². The molecule has 0 saturated carbocycles. The molecule has 0 atom stereocenters. The van der Waals surface area contributed by atoms with E-state index in [9.17, 15) is 19.2 Å². The summed E-state index contributed by atoms with van der Waals surface area (Å²) in [6, 6.07) is 0. The number of methoxy groups -OCH3 is 1. The van der Waals surface area contributed by atoms with Crippen LogP contribution in [0.25, 0.3) is 0 Å². The van der Waals surface area contributed by atoms with E-state index in [-0.39, 0.29) is 24.7 Å². The largest absolute Gasteiger partial charge is 0.454 e. The van der Waals surface area contributed by atoms with Crippen molar-refractivity contribution >= 4 is 23.4 Å². The fourth-order valence-corrected chi connectivity index (χ4v) is 2.34. The van der Waals surface area contributed by atoms with E-state index in [0.29, 0.717) is 19.4 Å². The van der Waals surface area contributed by atoms with E-state index in [1.165, 1.54) is 11.7 Å². The van der Waals surface area contributed by atoms with Crippen molar-refractivity contribution in [3.8, 4) is 0 Å². The van der Waals surface area contributed by atoms with Crippen LogP contribution in [-0.2, 0) is 25.6 Å². The van der Waals surface area contributed by atoms with Crippen molar-refractivity contribution < 1.29 is 19.1 Å². The number of H-pyrrole nitrogens is 1. The first-order valence-electron chi connectivity index (χ1n) is 8.44. The highest BCUT2D eigenvalue weighted by Crippen LogP contribution is 2.18. The standard InChI is InChI=1S/C16H26N4O6/c1-4-6-8-19(11(21)9-26-12(22)10-25-3)13-14(17)20(7-5-2)16(24)18-15(13)23/h4-10,17H2,1-3H3,(H,18,23,24). The zero-order chi connectivity index (χ0) is 19.7. The summed E-state index contributed by atoms with van der Waals surface area (Å²) in [6.45, 7) is 3.44. The van der Waals surface area contributed by atoms with Crippen LogP contribution in [0.5, 0.6) is 0 Å². The second-order valence-electron chi connectivity index (χ2n) is 5.64. The molecule has 0 bridgehead atoms. The van der Waals surface area contributed by atoms with E-state index >= 15 is 0 Å². The monoisotopic (exact) mass is 370 g/mol. The van der Waals surface area contributed by atoms with Crippen molar-refractivity contribution in [1.82, 2.24) is 9.55 Å². The number of aromatic amines is 1. The van der Waals surface area contributed by atoms with Crippen LogP contribution in [0.1, 0.15) is 33.1 Å². The van der Waals surface area contributed by atoms with Crippen LogP contribution in [0.4, 0.5) is 11.5 Å². The third-order valence-electron chi connectivity index (χ3n) is 3.59. The number of nitrogens with zero attached hydrogens (tertiary/aromatic N) is 2. The minimum Gasteiger partial charge on any atom is -0.454 e. The fraction of sp³-hybridized carbons (Fsp3) is 0.625. The summed E-state index contributed by atoms with van der Waals surface area (Å²) >= 11 is 0. The lowest BCUT2D eigenvalue weighted by Gasteiger charge is -2.24. The first kappa shape index (κ1) is 21.4. The third-order valence-corrected chi connectivity index (χ3v) is 3.59. The Balaban J connectivity index is 3.22. The number of ether oxygens (including phenoxy) is 2. The van der Waals surface area contributed by atoms with Crippen LogP contribution < -0.4 is 21.9 Å². The van der Waals surface area contributed by atoms with Gasteiger partial charge in [0, 0.05) is 20.2 Å². The minimum atomic E-state index is -0.757. The molecule has 0 fully saturated rings. The molecule has 0 aliphatic heterocycles. The van der Waals surface area contributed by atoms with E-state index in [4.69, 9.17) is 10.5 Å². The second kappa shape index (κ2) is 10.4. The van der Waals surface area contributed by atoms with Gasteiger partial charge in [0.1, 0.15) is 12.4 Å². The highest BCUT2D eigenvalue weighted by Gasteiger charge is 2.24. The van der Waals surface area contributed by atoms with Crippen molar-refractivity contribution in [1.29, 1.82) is 0 Å². The molecule has 10 heteroatoms. The Bertz CT molecular complexity index is 739. The molecule has 1 amide bonds. The highest BCUT2D eigenvalue weighted by molar-refractivity contribution is 5.97. The van der Waals surface area contributed by atoms with E-state index in [1.54, 1.807) is 0 Å². The molecule has 10 nitrogen and oxygen atoms in total. The smallest absolute Gasteiger partial charge is 0.332 e. The molecular weight excluding hydrogens is 344 g/mol. The molecule has 1 rings (SSSR count). The van der Waals surface area contributed by atoms with Crippen molar-refractivity contribution in [2.24, 2.45) is 0 Å². The van der Waals surface area contributed by atoms with E-state index in [2.05, 4.69) is 9.72 Å². The van der Waals surface area contributed by atoms with E-state index < -0.39 is 29.7 Å². The Kier molecular flexibility index (Phi) is 8.56. The summed E-state index contributed by atoms with van der Waals surface area (Å²) in [5.74, 6) is -1.40. The molecule has 3 N–H and O–H groups in total. The predicted octanol–water partition coefficient (Wildman–Crippen LogP) is -0.148. The molecule has 0 aliphatic carbocycles. The topological polar surface area (TPSA) is 137 Å². The number of hydrogen-bond acceptors (Lipinski definition) is 7. The summed E-state index contributed by atoms with van der Waals surface area (Å²) < 4.78 is 10.7. The van der Waals surface area contributed by atoms with Gasteiger partial charge in [-0.2, -0.15) is 0 Å². The number of nitrogen functional groups attached to an aromatic ring is 1. The first-order valence-corrected chi connectivity index (χ1v) is 8.44. The predicted molar refractivity (Wildman–Crippen MR) is 96.1 cm³/mol. The summed E-state index contributed by atoms with van der Waals surface area (Å²) in [4.78, 5) is 51.5. The number of anilines is 2. The minimum absolute atomic E-state index is 0.0896. The van der Waals surface area contributed by atoms with Gasteiger partial charge < -0.3 is 20.1 Å². The van der Waals surface area contributed by atoms with E-state index in [1.807, 2.05) is 13.8 Å². The Morgan fingerprint density at radius 3 is 2.46 bits per heavy atom. The van der Waals surface area contributed by atoms with Gasteiger partial charge in [0.15, 0.2) is 12.3 Å². The fourth-order valence-electron chi connectivity index (χ4n) is 2.34. The zero-order valence-electron chi connectivity index (χ0n) is 15.4. The lowest BCUT2D eigenvalue weighted by Crippen LogP contribution is -2.43. The van der Waals surface area contributed by atoms with Gasteiger partial charge in [-0.05, 0) is 12.8 Å². The molecule has 1 aromatic rings. The van der Waals surface area contributed by atoms with Gasteiger partial charge in [0.05, 0.1) is 0 Å². The molecule has 0 aliphatic rings. The Hall–Kier alpha value is -2.62. The van der Waals surface area contributed by atoms with Gasteiger partial charge in [-0.15, -0.1) is 0 Å².